The molecule has 28 heavy (non-hydrogen) atoms. The second-order valence-electron chi connectivity index (χ2n) is 6.64. The molecular weight excluding hydrogens is 372 g/mol. The van der Waals surface area contributed by atoms with Crippen molar-refractivity contribution >= 4 is 33.4 Å². The Bertz CT molecular complexity index is 1150. The number of carbonyl (C=O) groups excluding carboxylic acids is 1. The van der Waals surface area contributed by atoms with Gasteiger partial charge in [-0.3, -0.25) is 10.1 Å². The molecule has 0 aliphatic carbocycles. The van der Waals surface area contributed by atoms with E-state index >= 15 is 0 Å². The number of aromatic nitrogens is 5. The summed E-state index contributed by atoms with van der Waals surface area (Å²) in [7, 11) is 0. The zero-order chi connectivity index (χ0) is 19.7. The van der Waals surface area contributed by atoms with Crippen LogP contribution in [0, 0.1) is 13.8 Å². The van der Waals surface area contributed by atoms with Crippen LogP contribution in [0.1, 0.15) is 39.1 Å². The molecule has 4 aromatic rings. The molecule has 0 unspecified atom stereocenters. The van der Waals surface area contributed by atoms with Gasteiger partial charge in [0.2, 0.25) is 5.13 Å². The van der Waals surface area contributed by atoms with E-state index in [1.165, 1.54) is 16.9 Å². The van der Waals surface area contributed by atoms with Crippen molar-refractivity contribution in [1.82, 2.24) is 25.0 Å². The van der Waals surface area contributed by atoms with Crippen molar-refractivity contribution < 1.29 is 4.79 Å². The van der Waals surface area contributed by atoms with Crippen molar-refractivity contribution in [3.05, 3.63) is 63.9 Å². The molecule has 1 amide bonds. The van der Waals surface area contributed by atoms with E-state index in [1.807, 2.05) is 18.5 Å². The van der Waals surface area contributed by atoms with Crippen molar-refractivity contribution in [2.75, 3.05) is 5.32 Å². The fraction of sp³-hybridized carbons (Fsp3) is 0.250. The lowest BCUT2D eigenvalue weighted by atomic mass is 10.1. The third kappa shape index (κ3) is 3.63. The van der Waals surface area contributed by atoms with E-state index in [4.69, 9.17) is 0 Å². The van der Waals surface area contributed by atoms with Crippen LogP contribution in [-0.2, 0) is 13.0 Å². The first-order chi connectivity index (χ1) is 13.5. The van der Waals surface area contributed by atoms with Crippen LogP contribution in [0.4, 0.5) is 5.13 Å². The minimum atomic E-state index is -0.232. The first kappa shape index (κ1) is 18.2. The summed E-state index contributed by atoms with van der Waals surface area (Å²) in [6.45, 7) is 6.53. The molecule has 0 fully saturated rings. The number of fused-ring (bicyclic) bond motifs is 1. The van der Waals surface area contributed by atoms with E-state index in [0.717, 1.165) is 28.1 Å². The van der Waals surface area contributed by atoms with E-state index in [9.17, 15) is 4.79 Å². The standard InChI is InChI=1S/C20H20N6OS/c1-4-17-24-25-20(28-17)23-19(27)15-9-13(3)22-18-16(15)10-21-26(18)11-14-7-5-12(2)6-8-14/h5-10H,4,11H2,1-3H3,(H,23,25,27). The van der Waals surface area contributed by atoms with Crippen molar-refractivity contribution in [3.63, 3.8) is 0 Å². The number of anilines is 1. The Hall–Kier alpha value is -3.13. The number of rotatable bonds is 5. The Kier molecular flexibility index (Phi) is 4.87. The van der Waals surface area contributed by atoms with Gasteiger partial charge in [0.05, 0.1) is 23.7 Å². The summed E-state index contributed by atoms with van der Waals surface area (Å²) in [5.74, 6) is -0.232. The lowest BCUT2D eigenvalue weighted by Gasteiger charge is -2.07. The van der Waals surface area contributed by atoms with Gasteiger partial charge < -0.3 is 0 Å². The highest BCUT2D eigenvalue weighted by molar-refractivity contribution is 7.15. The molecule has 0 bridgehead atoms. The lowest BCUT2D eigenvalue weighted by Crippen LogP contribution is -2.13. The molecule has 0 saturated heterocycles. The number of hydrogen-bond acceptors (Lipinski definition) is 6. The number of amides is 1. The third-order valence-corrected chi connectivity index (χ3v) is 5.41. The summed E-state index contributed by atoms with van der Waals surface area (Å²) in [5, 5.41) is 17.5. The van der Waals surface area contributed by atoms with Gasteiger partial charge in [-0.25, -0.2) is 9.67 Å². The topological polar surface area (TPSA) is 85.6 Å². The van der Waals surface area contributed by atoms with Gasteiger partial charge in [0.1, 0.15) is 5.01 Å². The number of aryl methyl sites for hydroxylation is 3. The molecule has 7 nitrogen and oxygen atoms in total. The molecule has 3 aromatic heterocycles. The zero-order valence-electron chi connectivity index (χ0n) is 15.9. The summed E-state index contributed by atoms with van der Waals surface area (Å²) in [5.41, 5.74) is 4.33. The van der Waals surface area contributed by atoms with E-state index in [1.54, 1.807) is 12.3 Å². The van der Waals surface area contributed by atoms with Gasteiger partial charge in [-0.2, -0.15) is 5.10 Å². The summed E-state index contributed by atoms with van der Waals surface area (Å²) in [6, 6.07) is 10.1. The van der Waals surface area contributed by atoms with Crippen molar-refractivity contribution in [3.8, 4) is 0 Å². The maximum atomic E-state index is 12.8. The van der Waals surface area contributed by atoms with E-state index < -0.39 is 0 Å². The third-order valence-electron chi connectivity index (χ3n) is 4.42. The first-order valence-corrected chi connectivity index (χ1v) is 9.87. The number of benzene rings is 1. The molecule has 8 heteroatoms. The van der Waals surface area contributed by atoms with Crippen LogP contribution in [0.2, 0.25) is 0 Å². The number of nitrogens with zero attached hydrogens (tertiary/aromatic N) is 5. The van der Waals surface area contributed by atoms with Gasteiger partial charge in [-0.1, -0.05) is 48.1 Å². The number of carbonyl (C=O) groups is 1. The predicted octanol–water partition coefficient (Wildman–Crippen LogP) is 3.76. The highest BCUT2D eigenvalue weighted by atomic mass is 32.1. The fourth-order valence-corrected chi connectivity index (χ4v) is 3.63. The van der Waals surface area contributed by atoms with Crippen LogP contribution in [-0.4, -0.2) is 30.9 Å². The number of hydrogen-bond donors (Lipinski definition) is 1. The van der Waals surface area contributed by atoms with Crippen LogP contribution in [0.5, 0.6) is 0 Å². The summed E-state index contributed by atoms with van der Waals surface area (Å²) in [4.78, 5) is 17.5. The Labute approximate surface area is 166 Å². The monoisotopic (exact) mass is 392 g/mol. The Balaban J connectivity index is 1.66. The van der Waals surface area contributed by atoms with Crippen LogP contribution in [0.15, 0.2) is 36.5 Å². The Morgan fingerprint density at radius 1 is 1.18 bits per heavy atom. The van der Waals surface area contributed by atoms with Crippen molar-refractivity contribution in [1.29, 1.82) is 0 Å². The molecule has 4 rings (SSSR count). The minimum Gasteiger partial charge on any atom is -0.296 e. The van der Waals surface area contributed by atoms with Crippen molar-refractivity contribution in [2.24, 2.45) is 0 Å². The van der Waals surface area contributed by atoms with Gasteiger partial charge >= 0.3 is 0 Å². The van der Waals surface area contributed by atoms with Crippen LogP contribution in [0.3, 0.4) is 0 Å². The smallest absolute Gasteiger partial charge is 0.258 e. The second kappa shape index (κ2) is 7.47. The highest BCUT2D eigenvalue weighted by Crippen LogP contribution is 2.22. The maximum Gasteiger partial charge on any atom is 0.258 e. The number of nitrogens with one attached hydrogen (secondary N) is 1. The quantitative estimate of drug-likeness (QED) is 0.559. The van der Waals surface area contributed by atoms with Gasteiger partial charge in [0.15, 0.2) is 5.65 Å². The molecule has 0 aliphatic heterocycles. The van der Waals surface area contributed by atoms with Gasteiger partial charge in [-0.05, 0) is 31.9 Å². The molecule has 0 aliphatic rings. The summed E-state index contributed by atoms with van der Waals surface area (Å²) in [6.07, 6.45) is 2.49. The molecule has 0 spiro atoms. The van der Waals surface area contributed by atoms with Gasteiger partial charge in [-0.15, -0.1) is 10.2 Å². The fourth-order valence-electron chi connectivity index (χ4n) is 2.95. The predicted molar refractivity (Wildman–Crippen MR) is 110 cm³/mol. The molecule has 0 saturated carbocycles. The largest absolute Gasteiger partial charge is 0.296 e. The van der Waals surface area contributed by atoms with E-state index in [2.05, 4.69) is 56.8 Å². The lowest BCUT2D eigenvalue weighted by molar-refractivity contribution is 0.102. The van der Waals surface area contributed by atoms with E-state index in [0.29, 0.717) is 22.9 Å². The van der Waals surface area contributed by atoms with Crippen molar-refractivity contribution in [2.45, 2.75) is 33.7 Å². The van der Waals surface area contributed by atoms with Crippen LogP contribution in [0.25, 0.3) is 11.0 Å². The zero-order valence-corrected chi connectivity index (χ0v) is 16.7. The molecule has 1 N–H and O–H groups in total. The van der Waals surface area contributed by atoms with E-state index in [-0.39, 0.29) is 5.91 Å². The van der Waals surface area contributed by atoms with Crippen LogP contribution < -0.4 is 5.32 Å². The molecular formula is C20H20N6OS. The normalized spacial score (nSPS) is 11.1. The maximum absolute atomic E-state index is 12.8. The molecule has 142 valence electrons. The second-order valence-corrected chi connectivity index (χ2v) is 7.71. The Morgan fingerprint density at radius 3 is 2.68 bits per heavy atom. The number of pyridine rings is 1. The molecule has 1 aromatic carbocycles. The average molecular weight is 392 g/mol. The minimum absolute atomic E-state index is 0.232. The molecule has 3 heterocycles. The first-order valence-electron chi connectivity index (χ1n) is 9.06. The molecule has 0 radical (unpaired) electrons. The SMILES string of the molecule is CCc1nnc(NC(=O)c2cc(C)nc3c2cnn3Cc2ccc(C)cc2)s1. The average Bonchev–Trinajstić information content (AvgIpc) is 3.30. The van der Waals surface area contributed by atoms with Gasteiger partial charge in [0.25, 0.3) is 5.91 Å². The summed E-state index contributed by atoms with van der Waals surface area (Å²) < 4.78 is 1.82. The van der Waals surface area contributed by atoms with Gasteiger partial charge in [0, 0.05) is 5.69 Å². The highest BCUT2D eigenvalue weighted by Gasteiger charge is 2.17. The van der Waals surface area contributed by atoms with Crippen LogP contribution >= 0.6 is 11.3 Å². The summed E-state index contributed by atoms with van der Waals surface area (Å²) >= 11 is 1.38. The Morgan fingerprint density at radius 2 is 1.96 bits per heavy atom. The molecule has 0 atom stereocenters.